The Hall–Kier alpha value is -2.29. The lowest BCUT2D eigenvalue weighted by molar-refractivity contribution is 0.406. The van der Waals surface area contributed by atoms with Crippen molar-refractivity contribution in [3.05, 3.63) is 59.0 Å². The monoisotopic (exact) mass is 280 g/mol. The Labute approximate surface area is 125 Å². The van der Waals surface area contributed by atoms with E-state index < -0.39 is 0 Å². The number of aromatic nitrogens is 2. The predicted molar refractivity (Wildman–Crippen MR) is 86.0 cm³/mol. The molecule has 0 N–H and O–H groups in total. The molecular formula is C18H20N2O. The van der Waals surface area contributed by atoms with Crippen LogP contribution in [0, 0.1) is 20.8 Å². The summed E-state index contributed by atoms with van der Waals surface area (Å²) in [6.07, 6.45) is 4.02. The smallest absolute Gasteiger partial charge is 0.128 e. The molecule has 108 valence electrons. The maximum atomic E-state index is 5.49. The van der Waals surface area contributed by atoms with Gasteiger partial charge in [0.25, 0.3) is 0 Å². The summed E-state index contributed by atoms with van der Waals surface area (Å²) < 4.78 is 7.74. The zero-order valence-electron chi connectivity index (χ0n) is 13.0. The number of methoxy groups -OCH3 is 1. The quantitative estimate of drug-likeness (QED) is 0.724. The van der Waals surface area contributed by atoms with Crippen LogP contribution in [0.5, 0.6) is 5.75 Å². The summed E-state index contributed by atoms with van der Waals surface area (Å²) in [5.41, 5.74) is 5.79. The van der Waals surface area contributed by atoms with E-state index in [-0.39, 0.29) is 0 Å². The van der Waals surface area contributed by atoms with Crippen molar-refractivity contribution < 1.29 is 4.74 Å². The van der Waals surface area contributed by atoms with E-state index >= 15 is 0 Å². The summed E-state index contributed by atoms with van der Waals surface area (Å²) in [6.45, 7) is 7.00. The van der Waals surface area contributed by atoms with Crippen LogP contribution < -0.4 is 4.74 Å². The van der Waals surface area contributed by atoms with Gasteiger partial charge in [-0.3, -0.25) is 4.98 Å². The molecule has 0 fully saturated rings. The Kier molecular flexibility index (Phi) is 3.42. The number of rotatable bonds is 3. The van der Waals surface area contributed by atoms with Gasteiger partial charge >= 0.3 is 0 Å². The van der Waals surface area contributed by atoms with Crippen LogP contribution in [-0.2, 0) is 6.54 Å². The first-order valence-electron chi connectivity index (χ1n) is 7.15. The fourth-order valence-electron chi connectivity index (χ4n) is 2.91. The van der Waals surface area contributed by atoms with Crippen molar-refractivity contribution in [1.82, 2.24) is 9.55 Å². The highest BCUT2D eigenvalue weighted by atomic mass is 16.5. The molecule has 2 heterocycles. The van der Waals surface area contributed by atoms with E-state index in [1.165, 1.54) is 16.5 Å². The first-order valence-corrected chi connectivity index (χ1v) is 7.15. The van der Waals surface area contributed by atoms with Crippen LogP contribution in [0.15, 0.2) is 36.7 Å². The number of benzene rings is 1. The van der Waals surface area contributed by atoms with Gasteiger partial charge in [-0.1, -0.05) is 12.1 Å². The number of ether oxygens (including phenoxy) is 1. The summed E-state index contributed by atoms with van der Waals surface area (Å²) >= 11 is 0. The van der Waals surface area contributed by atoms with E-state index in [4.69, 9.17) is 4.74 Å². The summed E-state index contributed by atoms with van der Waals surface area (Å²) in [7, 11) is 1.72. The Balaban J connectivity index is 2.05. The van der Waals surface area contributed by atoms with E-state index in [0.29, 0.717) is 0 Å². The third-order valence-corrected chi connectivity index (χ3v) is 4.10. The lowest BCUT2D eigenvalue weighted by Crippen LogP contribution is -2.05. The molecular weight excluding hydrogens is 260 g/mol. The van der Waals surface area contributed by atoms with E-state index in [9.17, 15) is 0 Å². The second-order valence-electron chi connectivity index (χ2n) is 5.50. The van der Waals surface area contributed by atoms with Gasteiger partial charge in [-0.2, -0.15) is 0 Å². The SMILES string of the molecule is COc1c(C)cnc(Cn2ccc3c(C)cccc32)c1C. The molecule has 0 atom stereocenters. The van der Waals surface area contributed by atoms with Crippen LogP contribution in [0.2, 0.25) is 0 Å². The zero-order chi connectivity index (χ0) is 15.0. The van der Waals surface area contributed by atoms with Crippen molar-refractivity contribution in [2.45, 2.75) is 27.3 Å². The second-order valence-corrected chi connectivity index (χ2v) is 5.50. The van der Waals surface area contributed by atoms with Crippen molar-refractivity contribution in [2.75, 3.05) is 7.11 Å². The highest BCUT2D eigenvalue weighted by Crippen LogP contribution is 2.26. The third-order valence-electron chi connectivity index (χ3n) is 4.10. The zero-order valence-corrected chi connectivity index (χ0v) is 13.0. The van der Waals surface area contributed by atoms with Crippen molar-refractivity contribution >= 4 is 10.9 Å². The van der Waals surface area contributed by atoms with Gasteiger partial charge in [0.05, 0.1) is 19.3 Å². The largest absolute Gasteiger partial charge is 0.496 e. The number of pyridine rings is 1. The van der Waals surface area contributed by atoms with Crippen LogP contribution in [0.1, 0.15) is 22.4 Å². The number of hydrogen-bond donors (Lipinski definition) is 0. The van der Waals surface area contributed by atoms with Gasteiger partial charge in [0.1, 0.15) is 5.75 Å². The van der Waals surface area contributed by atoms with Crippen LogP contribution in [-0.4, -0.2) is 16.7 Å². The number of fused-ring (bicyclic) bond motifs is 1. The minimum atomic E-state index is 0.759. The molecule has 21 heavy (non-hydrogen) atoms. The lowest BCUT2D eigenvalue weighted by atomic mass is 10.1. The molecule has 0 saturated carbocycles. The molecule has 0 radical (unpaired) electrons. The molecule has 1 aromatic carbocycles. The van der Waals surface area contributed by atoms with E-state index in [2.05, 4.69) is 53.9 Å². The molecule has 0 aliphatic heterocycles. The van der Waals surface area contributed by atoms with Crippen molar-refractivity contribution in [3.63, 3.8) is 0 Å². The molecule has 0 aliphatic rings. The first kappa shape index (κ1) is 13.7. The Morgan fingerprint density at radius 3 is 2.67 bits per heavy atom. The number of nitrogens with zero attached hydrogens (tertiary/aromatic N) is 2. The first-order chi connectivity index (χ1) is 10.1. The molecule has 0 amide bonds. The maximum Gasteiger partial charge on any atom is 0.128 e. The van der Waals surface area contributed by atoms with Gasteiger partial charge < -0.3 is 9.30 Å². The van der Waals surface area contributed by atoms with E-state index in [1.54, 1.807) is 7.11 Å². The topological polar surface area (TPSA) is 27.1 Å². The van der Waals surface area contributed by atoms with Crippen molar-refractivity contribution in [2.24, 2.45) is 0 Å². The lowest BCUT2D eigenvalue weighted by Gasteiger charge is -2.13. The molecule has 0 aliphatic carbocycles. The average molecular weight is 280 g/mol. The second kappa shape index (κ2) is 5.24. The normalized spacial score (nSPS) is 11.0. The average Bonchev–Trinajstić information content (AvgIpc) is 2.87. The molecule has 2 aromatic heterocycles. The summed E-state index contributed by atoms with van der Waals surface area (Å²) in [5.74, 6) is 0.938. The molecule has 0 saturated heterocycles. The van der Waals surface area contributed by atoms with Gasteiger partial charge in [-0.15, -0.1) is 0 Å². The molecule has 3 heteroatoms. The van der Waals surface area contributed by atoms with E-state index in [1.807, 2.05) is 13.1 Å². The summed E-state index contributed by atoms with van der Waals surface area (Å²) in [6, 6.07) is 8.57. The molecule has 0 unspecified atom stereocenters. The Bertz CT molecular complexity index is 802. The predicted octanol–water partition coefficient (Wildman–Crippen LogP) is 4.02. The van der Waals surface area contributed by atoms with Crippen molar-refractivity contribution in [1.29, 1.82) is 0 Å². The van der Waals surface area contributed by atoms with Crippen molar-refractivity contribution in [3.8, 4) is 5.75 Å². The summed E-state index contributed by atoms with van der Waals surface area (Å²) in [5, 5.41) is 1.30. The van der Waals surface area contributed by atoms with Gasteiger partial charge in [-0.05, 0) is 38.5 Å². The molecule has 0 bridgehead atoms. The van der Waals surface area contributed by atoms with Crippen LogP contribution in [0.4, 0.5) is 0 Å². The summed E-state index contributed by atoms with van der Waals surface area (Å²) in [4.78, 5) is 4.59. The molecule has 3 rings (SSSR count). The van der Waals surface area contributed by atoms with Gasteiger partial charge in [0.2, 0.25) is 0 Å². The van der Waals surface area contributed by atoms with Gasteiger partial charge in [0.15, 0.2) is 0 Å². The Morgan fingerprint density at radius 2 is 1.90 bits per heavy atom. The minimum absolute atomic E-state index is 0.759. The molecule has 3 aromatic rings. The van der Waals surface area contributed by atoms with Crippen LogP contribution in [0.3, 0.4) is 0 Å². The van der Waals surface area contributed by atoms with Gasteiger partial charge in [-0.25, -0.2) is 0 Å². The fraction of sp³-hybridized carbons (Fsp3) is 0.278. The number of aryl methyl sites for hydroxylation is 2. The fourth-order valence-corrected chi connectivity index (χ4v) is 2.91. The maximum absolute atomic E-state index is 5.49. The molecule has 0 spiro atoms. The van der Waals surface area contributed by atoms with Crippen LogP contribution >= 0.6 is 0 Å². The number of hydrogen-bond acceptors (Lipinski definition) is 2. The highest BCUT2D eigenvalue weighted by molar-refractivity contribution is 5.83. The highest BCUT2D eigenvalue weighted by Gasteiger charge is 2.11. The third kappa shape index (κ3) is 2.29. The van der Waals surface area contributed by atoms with E-state index in [0.717, 1.165) is 29.1 Å². The van der Waals surface area contributed by atoms with Crippen LogP contribution in [0.25, 0.3) is 10.9 Å². The van der Waals surface area contributed by atoms with Gasteiger partial charge in [0, 0.05) is 34.4 Å². The molecule has 3 nitrogen and oxygen atoms in total. The standard InChI is InChI=1S/C18H20N2O/c1-12-6-5-7-17-15(12)8-9-20(17)11-16-14(3)18(21-4)13(2)10-19-16/h5-10H,11H2,1-4H3. The minimum Gasteiger partial charge on any atom is -0.496 e. The Morgan fingerprint density at radius 1 is 1.10 bits per heavy atom.